The molecule has 3 unspecified atom stereocenters. The molecule has 14 heavy (non-hydrogen) atoms. The third-order valence-electron chi connectivity index (χ3n) is 3.21. The smallest absolute Gasteiger partial charge is 0.0975 e. The van der Waals surface area contributed by atoms with E-state index in [1.165, 1.54) is 12.8 Å². The molecule has 1 saturated heterocycles. The maximum absolute atomic E-state index is 8.98. The number of rotatable bonds is 3. The van der Waals surface area contributed by atoms with E-state index in [0.29, 0.717) is 5.92 Å². The highest BCUT2D eigenvalue weighted by atomic mass is 15.2. The van der Waals surface area contributed by atoms with Crippen molar-refractivity contribution in [2.75, 3.05) is 13.1 Å². The number of hydrogen-bond donors (Lipinski definition) is 1. The van der Waals surface area contributed by atoms with Crippen molar-refractivity contribution in [1.29, 1.82) is 5.26 Å². The van der Waals surface area contributed by atoms with Crippen molar-refractivity contribution in [2.24, 2.45) is 11.7 Å². The van der Waals surface area contributed by atoms with Gasteiger partial charge in [-0.3, -0.25) is 4.90 Å². The Morgan fingerprint density at radius 1 is 1.64 bits per heavy atom. The molecule has 0 aromatic rings. The monoisotopic (exact) mass is 195 g/mol. The summed E-state index contributed by atoms with van der Waals surface area (Å²) in [7, 11) is 0. The molecule has 3 atom stereocenters. The standard InChI is InChI=1S/C11H21N3/c1-3-11(7-12)14-6-4-5-10(8-14)9(2)13/h9-11H,3-6,8,13H2,1-2H3. The number of nitrogens with two attached hydrogens (primary N) is 1. The molecule has 3 heteroatoms. The van der Waals surface area contributed by atoms with Gasteiger partial charge in [-0.15, -0.1) is 0 Å². The van der Waals surface area contributed by atoms with E-state index >= 15 is 0 Å². The van der Waals surface area contributed by atoms with E-state index in [-0.39, 0.29) is 12.1 Å². The summed E-state index contributed by atoms with van der Waals surface area (Å²) < 4.78 is 0. The van der Waals surface area contributed by atoms with Gasteiger partial charge < -0.3 is 5.73 Å². The summed E-state index contributed by atoms with van der Waals surface area (Å²) in [5.41, 5.74) is 5.90. The van der Waals surface area contributed by atoms with Gasteiger partial charge in [0, 0.05) is 12.6 Å². The Bertz CT molecular complexity index is 207. The predicted octanol–water partition coefficient (Wildman–Crippen LogP) is 1.35. The van der Waals surface area contributed by atoms with Crippen LogP contribution in [0.15, 0.2) is 0 Å². The Labute approximate surface area is 86.9 Å². The Hall–Kier alpha value is -0.590. The number of likely N-dealkylation sites (tertiary alicyclic amines) is 1. The average molecular weight is 195 g/mol. The molecule has 1 aliphatic heterocycles. The van der Waals surface area contributed by atoms with Crippen LogP contribution in [0.2, 0.25) is 0 Å². The first-order valence-corrected chi connectivity index (χ1v) is 5.58. The molecule has 3 nitrogen and oxygen atoms in total. The number of piperidine rings is 1. The van der Waals surface area contributed by atoms with Gasteiger partial charge in [0.25, 0.3) is 0 Å². The van der Waals surface area contributed by atoms with Crippen LogP contribution in [0.25, 0.3) is 0 Å². The third kappa shape index (κ3) is 2.70. The molecule has 1 aliphatic rings. The lowest BCUT2D eigenvalue weighted by molar-refractivity contribution is 0.134. The van der Waals surface area contributed by atoms with Gasteiger partial charge in [0.2, 0.25) is 0 Å². The minimum Gasteiger partial charge on any atom is -0.328 e. The second-order valence-corrected chi connectivity index (χ2v) is 4.31. The van der Waals surface area contributed by atoms with E-state index < -0.39 is 0 Å². The van der Waals surface area contributed by atoms with Crippen LogP contribution in [0.5, 0.6) is 0 Å². The van der Waals surface area contributed by atoms with E-state index in [1.54, 1.807) is 0 Å². The molecule has 0 spiro atoms. The van der Waals surface area contributed by atoms with Crippen molar-refractivity contribution < 1.29 is 0 Å². The largest absolute Gasteiger partial charge is 0.328 e. The Kier molecular flexibility index (Phi) is 4.37. The summed E-state index contributed by atoms with van der Waals surface area (Å²) >= 11 is 0. The first-order valence-electron chi connectivity index (χ1n) is 5.58. The van der Waals surface area contributed by atoms with Crippen molar-refractivity contribution >= 4 is 0 Å². The minimum absolute atomic E-state index is 0.0940. The van der Waals surface area contributed by atoms with Gasteiger partial charge in [0.15, 0.2) is 0 Å². The van der Waals surface area contributed by atoms with Crippen molar-refractivity contribution in [1.82, 2.24) is 4.90 Å². The van der Waals surface area contributed by atoms with E-state index in [1.807, 2.05) is 0 Å². The molecule has 0 radical (unpaired) electrons. The Balaban J connectivity index is 2.51. The van der Waals surface area contributed by atoms with Crippen molar-refractivity contribution in [3.8, 4) is 6.07 Å². The van der Waals surface area contributed by atoms with Gasteiger partial charge in [-0.25, -0.2) is 0 Å². The summed E-state index contributed by atoms with van der Waals surface area (Å²) in [5.74, 6) is 0.575. The van der Waals surface area contributed by atoms with Crippen LogP contribution in [-0.2, 0) is 0 Å². The second-order valence-electron chi connectivity index (χ2n) is 4.31. The molecule has 0 aliphatic carbocycles. The first-order chi connectivity index (χ1) is 6.69. The van der Waals surface area contributed by atoms with Crippen molar-refractivity contribution in [3.05, 3.63) is 0 Å². The zero-order valence-corrected chi connectivity index (χ0v) is 9.24. The van der Waals surface area contributed by atoms with Crippen LogP contribution in [0.1, 0.15) is 33.1 Å². The topological polar surface area (TPSA) is 53.0 Å². The first kappa shape index (κ1) is 11.5. The molecule has 0 bridgehead atoms. The van der Waals surface area contributed by atoms with E-state index in [4.69, 9.17) is 11.0 Å². The minimum atomic E-state index is 0.0940. The fourth-order valence-electron chi connectivity index (χ4n) is 2.18. The van der Waals surface area contributed by atoms with Crippen molar-refractivity contribution in [3.63, 3.8) is 0 Å². The zero-order chi connectivity index (χ0) is 10.6. The lowest BCUT2D eigenvalue weighted by atomic mass is 9.91. The lowest BCUT2D eigenvalue weighted by Gasteiger charge is -2.36. The summed E-state index contributed by atoms with van der Waals surface area (Å²) in [4.78, 5) is 2.29. The zero-order valence-electron chi connectivity index (χ0n) is 9.24. The summed E-state index contributed by atoms with van der Waals surface area (Å²) in [6, 6.07) is 2.72. The Morgan fingerprint density at radius 3 is 2.86 bits per heavy atom. The molecule has 1 rings (SSSR count). The van der Waals surface area contributed by atoms with Gasteiger partial charge in [-0.05, 0) is 38.6 Å². The summed E-state index contributed by atoms with van der Waals surface area (Å²) in [6.45, 7) is 6.21. The van der Waals surface area contributed by atoms with E-state index in [9.17, 15) is 0 Å². The average Bonchev–Trinajstić information content (AvgIpc) is 2.20. The maximum atomic E-state index is 8.98. The molecule has 0 amide bonds. The molecule has 1 fully saturated rings. The van der Waals surface area contributed by atoms with Crippen LogP contribution in [0.4, 0.5) is 0 Å². The SMILES string of the molecule is CCC(C#N)N1CCCC(C(C)N)C1. The molecule has 80 valence electrons. The molecule has 0 saturated carbocycles. The van der Waals surface area contributed by atoms with Gasteiger partial charge in [0.1, 0.15) is 0 Å². The molecule has 0 aromatic heterocycles. The highest BCUT2D eigenvalue weighted by Gasteiger charge is 2.26. The highest BCUT2D eigenvalue weighted by molar-refractivity contribution is 4.93. The number of nitriles is 1. The van der Waals surface area contributed by atoms with Gasteiger partial charge >= 0.3 is 0 Å². The van der Waals surface area contributed by atoms with Gasteiger partial charge in [-0.1, -0.05) is 6.92 Å². The normalized spacial score (nSPS) is 28.0. The lowest BCUT2D eigenvalue weighted by Crippen LogP contribution is -2.46. The van der Waals surface area contributed by atoms with Crippen LogP contribution < -0.4 is 5.73 Å². The quantitative estimate of drug-likeness (QED) is 0.739. The predicted molar refractivity (Wildman–Crippen MR) is 57.6 cm³/mol. The summed E-state index contributed by atoms with van der Waals surface area (Å²) in [5, 5.41) is 8.98. The second kappa shape index (κ2) is 5.33. The van der Waals surface area contributed by atoms with Crippen LogP contribution >= 0.6 is 0 Å². The van der Waals surface area contributed by atoms with E-state index in [2.05, 4.69) is 24.8 Å². The third-order valence-corrected chi connectivity index (χ3v) is 3.21. The molecule has 2 N–H and O–H groups in total. The fourth-order valence-corrected chi connectivity index (χ4v) is 2.18. The molecular weight excluding hydrogens is 174 g/mol. The number of nitrogens with zero attached hydrogens (tertiary/aromatic N) is 2. The van der Waals surface area contributed by atoms with E-state index in [0.717, 1.165) is 19.5 Å². The van der Waals surface area contributed by atoms with Crippen LogP contribution in [-0.4, -0.2) is 30.1 Å². The summed E-state index contributed by atoms with van der Waals surface area (Å²) in [6.07, 6.45) is 3.32. The molecule has 0 aromatic carbocycles. The van der Waals surface area contributed by atoms with Gasteiger partial charge in [0.05, 0.1) is 12.1 Å². The molecular formula is C11H21N3. The van der Waals surface area contributed by atoms with Crippen molar-refractivity contribution in [2.45, 2.75) is 45.2 Å². The maximum Gasteiger partial charge on any atom is 0.0975 e. The molecule has 1 heterocycles. The number of hydrogen-bond acceptors (Lipinski definition) is 3. The Morgan fingerprint density at radius 2 is 2.36 bits per heavy atom. The van der Waals surface area contributed by atoms with Gasteiger partial charge in [-0.2, -0.15) is 5.26 Å². The fraction of sp³-hybridized carbons (Fsp3) is 0.909. The highest BCUT2D eigenvalue weighted by Crippen LogP contribution is 2.21. The van der Waals surface area contributed by atoms with Crippen LogP contribution in [0.3, 0.4) is 0 Å². The van der Waals surface area contributed by atoms with Crippen LogP contribution in [0, 0.1) is 17.2 Å².